The monoisotopic (exact) mass is 662 g/mol. The van der Waals surface area contributed by atoms with E-state index in [0.717, 1.165) is 59.5 Å². The van der Waals surface area contributed by atoms with Gasteiger partial charge in [0.1, 0.15) is 29.3 Å². The van der Waals surface area contributed by atoms with Gasteiger partial charge in [0.25, 0.3) is 12.4 Å². The van der Waals surface area contributed by atoms with Crippen LogP contribution in [0.4, 0.5) is 0 Å². The Morgan fingerprint density at radius 2 is 1.82 bits per heavy atom. The highest BCUT2D eigenvalue weighted by atomic mass is 16.5. The average molecular weight is 663 g/mol. The molecule has 4 aromatic heterocycles. The minimum atomic E-state index is -0.0454. The summed E-state index contributed by atoms with van der Waals surface area (Å²) >= 11 is 0. The van der Waals surface area contributed by atoms with Gasteiger partial charge in [-0.25, -0.2) is 9.97 Å². The number of benzene rings is 1. The summed E-state index contributed by atoms with van der Waals surface area (Å²) in [5, 5.41) is 4.38. The van der Waals surface area contributed by atoms with Crippen LogP contribution in [0.3, 0.4) is 0 Å². The Kier molecular flexibility index (Phi) is 8.94. The second-order valence-electron chi connectivity index (χ2n) is 13.3. The highest BCUT2D eigenvalue weighted by molar-refractivity contribution is 5.97. The fourth-order valence-electron chi connectivity index (χ4n) is 7.52. The molecule has 1 aromatic carbocycles. The van der Waals surface area contributed by atoms with Gasteiger partial charge in [0.2, 0.25) is 0 Å². The molecule has 11 nitrogen and oxygen atoms in total. The zero-order valence-electron chi connectivity index (χ0n) is 28.4. The first kappa shape index (κ1) is 32.5. The van der Waals surface area contributed by atoms with Crippen molar-refractivity contribution >= 4 is 34.8 Å². The van der Waals surface area contributed by atoms with Gasteiger partial charge >= 0.3 is 0 Å². The van der Waals surface area contributed by atoms with Crippen molar-refractivity contribution in [1.29, 1.82) is 0 Å². The van der Waals surface area contributed by atoms with Crippen LogP contribution in [-0.2, 0) is 22.7 Å². The van der Waals surface area contributed by atoms with Crippen LogP contribution in [0.25, 0.3) is 28.1 Å². The molecule has 6 heterocycles. The highest BCUT2D eigenvalue weighted by Crippen LogP contribution is 2.40. The summed E-state index contributed by atoms with van der Waals surface area (Å²) in [6, 6.07) is 20.0. The van der Waals surface area contributed by atoms with Crippen LogP contribution in [0.5, 0.6) is 5.88 Å². The third-order valence-electron chi connectivity index (χ3n) is 10.2. The number of fused-ring (bicyclic) bond motifs is 4. The van der Waals surface area contributed by atoms with Crippen molar-refractivity contribution < 1.29 is 23.9 Å². The number of methoxy groups -OCH3 is 1. The Balaban J connectivity index is 0.000000327. The second-order valence-corrected chi connectivity index (χ2v) is 13.3. The molecular weight excluding hydrogens is 620 g/mol. The predicted molar refractivity (Wildman–Crippen MR) is 186 cm³/mol. The molecule has 3 aliphatic rings. The number of amides is 1. The Morgan fingerprint density at radius 1 is 1.02 bits per heavy atom. The highest BCUT2D eigenvalue weighted by Gasteiger charge is 2.48. The van der Waals surface area contributed by atoms with E-state index in [9.17, 15) is 14.4 Å². The Labute approximate surface area is 285 Å². The van der Waals surface area contributed by atoms with Gasteiger partial charge in [0, 0.05) is 48.6 Å². The summed E-state index contributed by atoms with van der Waals surface area (Å²) in [5.74, 6) is 1.20. The molecule has 2 aliphatic heterocycles. The van der Waals surface area contributed by atoms with Gasteiger partial charge in [-0.2, -0.15) is 0 Å². The van der Waals surface area contributed by atoms with E-state index < -0.39 is 0 Å². The third kappa shape index (κ3) is 6.19. The van der Waals surface area contributed by atoms with E-state index in [2.05, 4.69) is 25.6 Å². The van der Waals surface area contributed by atoms with Gasteiger partial charge in [0.05, 0.1) is 18.5 Å². The summed E-state index contributed by atoms with van der Waals surface area (Å²) < 4.78 is 14.5. The molecule has 5 aromatic rings. The maximum absolute atomic E-state index is 13.8. The van der Waals surface area contributed by atoms with E-state index in [1.807, 2.05) is 66.9 Å². The molecule has 3 atom stereocenters. The molecule has 2 bridgehead atoms. The number of likely N-dealkylation sites (N-methyl/N-ethyl adjacent to an activating group) is 1. The SMILES string of the molecule is CNC1CC2CCC1N2C(=O)c1cc(OC)n2c(C)c(-c3cc4ccc(C(C)=O)nc4n3CC3CC3)nc2c1.O=COCc1ccccc1. The topological polar surface area (TPSA) is 120 Å². The van der Waals surface area contributed by atoms with Gasteiger partial charge in [-0.1, -0.05) is 30.3 Å². The summed E-state index contributed by atoms with van der Waals surface area (Å²) in [4.78, 5) is 47.5. The third-order valence-corrected chi connectivity index (χ3v) is 10.2. The Hall–Kier alpha value is -5.03. The fourth-order valence-corrected chi connectivity index (χ4v) is 7.52. The van der Waals surface area contributed by atoms with Crippen molar-refractivity contribution in [2.24, 2.45) is 5.92 Å². The molecule has 1 saturated carbocycles. The first-order valence-electron chi connectivity index (χ1n) is 17.0. The summed E-state index contributed by atoms with van der Waals surface area (Å²) in [7, 11) is 3.62. The number of Topliss-reactive ketones (excluding diaryl/α,β-unsaturated/α-hetero) is 1. The van der Waals surface area contributed by atoms with Gasteiger partial charge in [-0.05, 0) is 81.8 Å². The number of rotatable bonds is 10. The number of carbonyl (C=O) groups excluding carboxylic acids is 3. The summed E-state index contributed by atoms with van der Waals surface area (Å²) in [6.45, 7) is 5.24. The molecule has 3 unspecified atom stereocenters. The molecular formula is C38H42N6O5. The van der Waals surface area contributed by atoms with Crippen molar-refractivity contribution in [2.45, 2.75) is 77.2 Å². The van der Waals surface area contributed by atoms with Crippen molar-refractivity contribution in [3.8, 4) is 17.3 Å². The van der Waals surface area contributed by atoms with Gasteiger partial charge in [0.15, 0.2) is 11.7 Å². The number of ether oxygens (including phenoxy) is 2. The van der Waals surface area contributed by atoms with Crippen LogP contribution < -0.4 is 10.1 Å². The normalized spacial score (nSPS) is 19.6. The minimum Gasteiger partial charge on any atom is -0.482 e. The molecule has 1 aliphatic carbocycles. The minimum absolute atomic E-state index is 0.0454. The molecule has 0 radical (unpaired) electrons. The molecule has 254 valence electrons. The lowest BCUT2D eigenvalue weighted by Crippen LogP contribution is -2.41. The van der Waals surface area contributed by atoms with Crippen LogP contribution in [0.15, 0.2) is 60.7 Å². The lowest BCUT2D eigenvalue weighted by atomic mass is 9.96. The van der Waals surface area contributed by atoms with Crippen molar-refractivity contribution in [1.82, 2.24) is 29.2 Å². The van der Waals surface area contributed by atoms with E-state index in [1.54, 1.807) is 20.1 Å². The smallest absolute Gasteiger partial charge is 0.293 e. The summed E-state index contributed by atoms with van der Waals surface area (Å²) in [5.41, 5.74) is 6.31. The van der Waals surface area contributed by atoms with E-state index in [4.69, 9.17) is 14.7 Å². The molecule has 1 amide bonds. The molecule has 0 spiro atoms. The van der Waals surface area contributed by atoms with Crippen LogP contribution in [0, 0.1) is 12.8 Å². The van der Waals surface area contributed by atoms with Crippen LogP contribution in [-0.4, -0.2) is 74.3 Å². The number of nitrogens with zero attached hydrogens (tertiary/aromatic N) is 5. The van der Waals surface area contributed by atoms with E-state index >= 15 is 0 Å². The fraction of sp³-hybridized carbons (Fsp3) is 0.395. The summed E-state index contributed by atoms with van der Waals surface area (Å²) in [6.07, 6.45) is 5.50. The van der Waals surface area contributed by atoms with Crippen LogP contribution >= 0.6 is 0 Å². The molecule has 1 N–H and O–H groups in total. The molecule has 3 fully saturated rings. The van der Waals surface area contributed by atoms with Crippen molar-refractivity contribution in [3.05, 3.63) is 83.2 Å². The Bertz CT molecular complexity index is 2030. The van der Waals surface area contributed by atoms with Crippen LogP contribution in [0.2, 0.25) is 0 Å². The second kappa shape index (κ2) is 13.5. The van der Waals surface area contributed by atoms with Gasteiger partial charge < -0.3 is 24.3 Å². The number of aryl methyl sites for hydroxylation is 1. The number of aromatic nitrogens is 4. The number of pyridine rings is 2. The van der Waals surface area contributed by atoms with Crippen molar-refractivity contribution in [3.63, 3.8) is 0 Å². The number of hydrogen-bond acceptors (Lipinski definition) is 8. The number of hydrogen-bond donors (Lipinski definition) is 1. The molecule has 8 rings (SSSR count). The molecule has 11 heteroatoms. The number of imidazole rings is 1. The Morgan fingerprint density at radius 3 is 2.49 bits per heavy atom. The zero-order valence-corrected chi connectivity index (χ0v) is 28.4. The van der Waals surface area contributed by atoms with Crippen LogP contribution in [0.1, 0.15) is 71.1 Å². The number of carbonyl (C=O) groups is 3. The van der Waals surface area contributed by atoms with E-state index in [1.165, 1.54) is 12.8 Å². The lowest BCUT2D eigenvalue weighted by Gasteiger charge is -2.24. The van der Waals surface area contributed by atoms with Crippen molar-refractivity contribution in [2.75, 3.05) is 14.2 Å². The first-order valence-corrected chi connectivity index (χ1v) is 17.0. The maximum atomic E-state index is 13.8. The lowest BCUT2D eigenvalue weighted by molar-refractivity contribution is -0.129. The zero-order chi connectivity index (χ0) is 34.2. The largest absolute Gasteiger partial charge is 0.482 e. The first-order chi connectivity index (χ1) is 23.8. The molecule has 49 heavy (non-hydrogen) atoms. The van der Waals surface area contributed by atoms with Gasteiger partial charge in [-0.3, -0.25) is 18.8 Å². The maximum Gasteiger partial charge on any atom is 0.293 e. The quantitative estimate of drug-likeness (QED) is 0.152. The van der Waals surface area contributed by atoms with E-state index in [-0.39, 0.29) is 23.8 Å². The number of nitrogens with one attached hydrogen (secondary N) is 1. The standard InChI is InChI=1S/C30H34N6O3.C8H8O2/c1-16-28(25-11-19-7-9-22(17(2)37)32-29(19)34(25)15-18-5-6-18)33-26-12-20(13-27(39-4)35(16)26)30(38)36-21-8-10-24(36)23(14-21)31-3;9-7-10-6-8-4-2-1-3-5-8/h7,9,11-13,18,21,23-24,31H,5-6,8,10,14-15H2,1-4H3;1-5,7H,6H2. The predicted octanol–water partition coefficient (Wildman–Crippen LogP) is 5.61. The number of ketones is 1. The average Bonchev–Trinajstić information content (AvgIpc) is 3.43. The molecule has 2 saturated heterocycles. The van der Waals surface area contributed by atoms with Gasteiger partial charge in [-0.15, -0.1) is 0 Å². The van der Waals surface area contributed by atoms with E-state index in [0.29, 0.717) is 47.8 Å².